The number of fused-ring (bicyclic) bond motifs is 1. The number of carbonyl (C=O) groups is 1. The molecular formula is C21H21Cl2N3O3. The van der Waals surface area contributed by atoms with Crippen LogP contribution in [0.3, 0.4) is 0 Å². The molecule has 4 rings (SSSR count). The topological polar surface area (TPSA) is 68.8 Å². The number of ether oxygens (including phenoxy) is 1. The van der Waals surface area contributed by atoms with Crippen molar-refractivity contribution in [3.63, 3.8) is 0 Å². The number of hydrogen-bond acceptors (Lipinski definition) is 4. The first-order valence-electron chi connectivity index (χ1n) is 9.30. The fourth-order valence-electron chi connectivity index (χ4n) is 3.95. The number of aliphatic carboxylic acids is 1. The molecule has 1 saturated heterocycles. The SMILES string of the molecule is COc1cccc2c(C(C(=O)O)N3CCN(c4ccc(Cl)c(Cl)c4)CC3)c[nH]c12. The molecule has 0 bridgehead atoms. The van der Waals surface area contributed by atoms with Gasteiger partial charge in [0.1, 0.15) is 11.8 Å². The highest BCUT2D eigenvalue weighted by molar-refractivity contribution is 6.42. The number of hydrogen-bond donors (Lipinski definition) is 2. The molecular weight excluding hydrogens is 413 g/mol. The maximum atomic E-state index is 12.2. The standard InChI is InChI=1S/C21H21Cl2N3O3/c1-29-18-4-2-3-14-15(12-24-19(14)18)20(21(27)28)26-9-7-25(8-10-26)13-5-6-16(22)17(23)11-13/h2-6,11-12,20,24H,7-10H2,1H3,(H,27,28). The second kappa shape index (κ2) is 8.14. The third kappa shape index (κ3) is 3.75. The maximum Gasteiger partial charge on any atom is 0.325 e. The molecule has 29 heavy (non-hydrogen) atoms. The number of rotatable bonds is 5. The second-order valence-corrected chi connectivity index (χ2v) is 7.80. The average Bonchev–Trinajstić information content (AvgIpc) is 3.14. The molecule has 0 amide bonds. The van der Waals surface area contributed by atoms with Gasteiger partial charge in [0.2, 0.25) is 0 Å². The summed E-state index contributed by atoms with van der Waals surface area (Å²) in [4.78, 5) is 19.6. The normalized spacial score (nSPS) is 16.2. The molecule has 6 nitrogen and oxygen atoms in total. The van der Waals surface area contributed by atoms with Gasteiger partial charge in [-0.15, -0.1) is 0 Å². The van der Waals surface area contributed by atoms with Crippen molar-refractivity contribution >= 4 is 45.8 Å². The Kier molecular flexibility index (Phi) is 5.58. The lowest BCUT2D eigenvalue weighted by atomic mass is 10.0. The van der Waals surface area contributed by atoms with Crippen LogP contribution in [0.4, 0.5) is 5.69 Å². The van der Waals surface area contributed by atoms with E-state index in [-0.39, 0.29) is 0 Å². The van der Waals surface area contributed by atoms with E-state index in [0.29, 0.717) is 42.0 Å². The Balaban J connectivity index is 1.57. The molecule has 0 radical (unpaired) electrons. The number of aromatic nitrogens is 1. The summed E-state index contributed by atoms with van der Waals surface area (Å²) in [6.07, 6.45) is 1.78. The fraction of sp³-hybridized carbons (Fsp3) is 0.286. The van der Waals surface area contributed by atoms with Gasteiger partial charge in [0, 0.05) is 49.0 Å². The molecule has 0 aliphatic carbocycles. The van der Waals surface area contributed by atoms with Gasteiger partial charge in [-0.2, -0.15) is 0 Å². The Bertz CT molecular complexity index is 1040. The summed E-state index contributed by atoms with van der Waals surface area (Å²) >= 11 is 12.2. The maximum absolute atomic E-state index is 12.2. The van der Waals surface area contributed by atoms with Crippen molar-refractivity contribution in [1.29, 1.82) is 0 Å². The molecule has 0 spiro atoms. The first-order valence-corrected chi connectivity index (χ1v) is 10.1. The molecule has 1 aliphatic heterocycles. The van der Waals surface area contributed by atoms with E-state index < -0.39 is 12.0 Å². The summed E-state index contributed by atoms with van der Waals surface area (Å²) in [7, 11) is 1.60. The van der Waals surface area contributed by atoms with Crippen molar-refractivity contribution in [1.82, 2.24) is 9.88 Å². The van der Waals surface area contributed by atoms with Gasteiger partial charge in [-0.25, -0.2) is 0 Å². The van der Waals surface area contributed by atoms with Gasteiger partial charge >= 0.3 is 5.97 Å². The van der Waals surface area contributed by atoms with Crippen molar-refractivity contribution in [2.45, 2.75) is 6.04 Å². The molecule has 152 valence electrons. The number of H-pyrrole nitrogens is 1. The number of anilines is 1. The van der Waals surface area contributed by atoms with Crippen molar-refractivity contribution in [2.75, 3.05) is 38.2 Å². The van der Waals surface area contributed by atoms with Gasteiger partial charge in [0.15, 0.2) is 0 Å². The van der Waals surface area contributed by atoms with Crippen LogP contribution >= 0.6 is 23.2 Å². The Morgan fingerprint density at radius 2 is 1.90 bits per heavy atom. The number of carboxylic acid groups (broad SMARTS) is 1. The Morgan fingerprint density at radius 3 is 2.55 bits per heavy atom. The van der Waals surface area contributed by atoms with Crippen molar-refractivity contribution < 1.29 is 14.6 Å². The van der Waals surface area contributed by atoms with Crippen LogP contribution in [-0.4, -0.2) is 54.2 Å². The zero-order chi connectivity index (χ0) is 20.5. The van der Waals surface area contributed by atoms with Gasteiger partial charge in [0.05, 0.1) is 22.7 Å². The van der Waals surface area contributed by atoms with Crippen LogP contribution in [0.15, 0.2) is 42.6 Å². The van der Waals surface area contributed by atoms with Gasteiger partial charge < -0.3 is 19.7 Å². The monoisotopic (exact) mass is 433 g/mol. The lowest BCUT2D eigenvalue weighted by molar-refractivity contribution is -0.143. The van der Waals surface area contributed by atoms with Gasteiger partial charge in [-0.1, -0.05) is 35.3 Å². The number of halogens is 2. The molecule has 0 saturated carbocycles. The number of nitrogens with one attached hydrogen (secondary N) is 1. The summed E-state index contributed by atoms with van der Waals surface area (Å²) in [5.41, 5.74) is 2.54. The minimum absolute atomic E-state index is 0.516. The predicted octanol–water partition coefficient (Wildman–Crippen LogP) is 4.43. The summed E-state index contributed by atoms with van der Waals surface area (Å²) in [5, 5.41) is 11.9. The van der Waals surface area contributed by atoms with Gasteiger partial charge in [0.25, 0.3) is 0 Å². The van der Waals surface area contributed by atoms with Crippen LogP contribution in [0.25, 0.3) is 10.9 Å². The van der Waals surface area contributed by atoms with Crippen LogP contribution in [-0.2, 0) is 4.79 Å². The van der Waals surface area contributed by atoms with E-state index >= 15 is 0 Å². The van der Waals surface area contributed by atoms with Gasteiger partial charge in [-0.05, 0) is 24.3 Å². The zero-order valence-corrected chi connectivity index (χ0v) is 17.4. The number of nitrogens with zero attached hydrogens (tertiary/aromatic N) is 2. The number of carboxylic acids is 1. The van der Waals surface area contributed by atoms with Crippen molar-refractivity contribution in [3.8, 4) is 5.75 Å². The van der Waals surface area contributed by atoms with Crippen LogP contribution in [0.2, 0.25) is 10.0 Å². The second-order valence-electron chi connectivity index (χ2n) is 6.99. The Hall–Kier alpha value is -2.41. The minimum Gasteiger partial charge on any atom is -0.495 e. The number of aromatic amines is 1. The molecule has 8 heteroatoms. The average molecular weight is 434 g/mol. The van der Waals surface area contributed by atoms with Crippen LogP contribution < -0.4 is 9.64 Å². The molecule has 1 unspecified atom stereocenters. The lowest BCUT2D eigenvalue weighted by Gasteiger charge is -2.38. The lowest BCUT2D eigenvalue weighted by Crippen LogP contribution is -2.49. The third-order valence-corrected chi connectivity index (χ3v) is 6.14. The molecule has 2 heterocycles. The Labute approximate surface area is 178 Å². The summed E-state index contributed by atoms with van der Waals surface area (Å²) < 4.78 is 5.39. The van der Waals surface area contributed by atoms with E-state index in [1.807, 2.05) is 35.2 Å². The minimum atomic E-state index is -0.864. The third-order valence-electron chi connectivity index (χ3n) is 5.41. The summed E-state index contributed by atoms with van der Waals surface area (Å²) in [6.45, 7) is 2.64. The quantitative estimate of drug-likeness (QED) is 0.622. The predicted molar refractivity (Wildman–Crippen MR) is 115 cm³/mol. The summed E-state index contributed by atoms with van der Waals surface area (Å²) in [5.74, 6) is -0.168. The highest BCUT2D eigenvalue weighted by Gasteiger charge is 2.32. The highest BCUT2D eigenvalue weighted by atomic mass is 35.5. The van der Waals surface area contributed by atoms with Gasteiger partial charge in [-0.3, -0.25) is 9.69 Å². The van der Waals surface area contributed by atoms with E-state index in [1.165, 1.54) is 0 Å². The number of para-hydroxylation sites is 1. The van der Waals surface area contributed by atoms with Crippen LogP contribution in [0.5, 0.6) is 5.75 Å². The Morgan fingerprint density at radius 1 is 1.14 bits per heavy atom. The molecule has 1 aromatic heterocycles. The molecule has 1 fully saturated rings. The first kappa shape index (κ1) is 19.9. The van der Waals surface area contributed by atoms with E-state index in [1.54, 1.807) is 19.4 Å². The fourth-order valence-corrected chi connectivity index (χ4v) is 4.24. The highest BCUT2D eigenvalue weighted by Crippen LogP contribution is 2.34. The van der Waals surface area contributed by atoms with Crippen LogP contribution in [0, 0.1) is 0 Å². The van der Waals surface area contributed by atoms with E-state index in [4.69, 9.17) is 27.9 Å². The molecule has 1 atom stereocenters. The molecule has 1 aliphatic rings. The smallest absolute Gasteiger partial charge is 0.325 e. The zero-order valence-electron chi connectivity index (χ0n) is 15.9. The number of benzene rings is 2. The van der Waals surface area contributed by atoms with E-state index in [2.05, 4.69) is 9.88 Å². The largest absolute Gasteiger partial charge is 0.495 e. The summed E-state index contributed by atoms with van der Waals surface area (Å²) in [6, 6.07) is 10.5. The van der Waals surface area contributed by atoms with E-state index in [9.17, 15) is 9.90 Å². The molecule has 2 aromatic carbocycles. The van der Waals surface area contributed by atoms with Crippen LogP contribution in [0.1, 0.15) is 11.6 Å². The first-order chi connectivity index (χ1) is 14.0. The molecule has 2 N–H and O–H groups in total. The van der Waals surface area contributed by atoms with Crippen molar-refractivity contribution in [3.05, 3.63) is 58.2 Å². The number of piperazine rings is 1. The van der Waals surface area contributed by atoms with E-state index in [0.717, 1.165) is 22.2 Å². The molecule has 3 aromatic rings. The number of methoxy groups -OCH3 is 1. The van der Waals surface area contributed by atoms with Crippen molar-refractivity contribution in [2.24, 2.45) is 0 Å².